The molecule has 0 radical (unpaired) electrons. The molecule has 1 heterocycles. The Morgan fingerprint density at radius 1 is 1.27 bits per heavy atom. The van der Waals surface area contributed by atoms with Crippen molar-refractivity contribution in [3.05, 3.63) is 47.5 Å². The summed E-state index contributed by atoms with van der Waals surface area (Å²) in [5.74, 6) is -1.17. The van der Waals surface area contributed by atoms with E-state index >= 15 is 0 Å². The van der Waals surface area contributed by atoms with Crippen LogP contribution < -0.4 is 4.74 Å². The molecule has 0 aliphatic carbocycles. The second kappa shape index (κ2) is 5.99. The van der Waals surface area contributed by atoms with E-state index in [0.29, 0.717) is 5.56 Å². The zero-order chi connectivity index (χ0) is 16.3. The van der Waals surface area contributed by atoms with E-state index < -0.39 is 18.1 Å². The van der Waals surface area contributed by atoms with Crippen molar-refractivity contribution < 1.29 is 23.0 Å². The van der Waals surface area contributed by atoms with Gasteiger partial charge in [-0.15, -0.1) is 0 Å². The zero-order valence-corrected chi connectivity index (χ0v) is 11.3. The van der Waals surface area contributed by atoms with Crippen molar-refractivity contribution in [2.75, 3.05) is 0 Å². The third kappa shape index (κ3) is 3.51. The summed E-state index contributed by atoms with van der Waals surface area (Å²) in [4.78, 5) is 6.33. The molecule has 1 atom stereocenters. The van der Waals surface area contributed by atoms with Crippen molar-refractivity contribution in [3.8, 4) is 17.6 Å². The van der Waals surface area contributed by atoms with Crippen LogP contribution in [0.15, 0.2) is 30.6 Å². The third-order valence-corrected chi connectivity index (χ3v) is 2.72. The van der Waals surface area contributed by atoms with Gasteiger partial charge in [0.2, 0.25) is 5.82 Å². The second-order valence-electron chi connectivity index (χ2n) is 4.39. The average Bonchev–Trinajstić information content (AvgIpc) is 2.47. The number of alkyl halides is 3. The SMILES string of the molecule is CC(O)c1ccc(Oc2cnc(C(F)(F)F)nc2)c(C#N)c1. The van der Waals surface area contributed by atoms with Crippen LogP contribution in [0.1, 0.15) is 30.0 Å². The van der Waals surface area contributed by atoms with E-state index in [1.165, 1.54) is 12.1 Å². The fraction of sp³-hybridized carbons (Fsp3) is 0.214. The molecule has 0 aliphatic rings. The molecule has 2 aromatic rings. The first-order valence-electron chi connectivity index (χ1n) is 6.10. The molecule has 5 nitrogen and oxygen atoms in total. The van der Waals surface area contributed by atoms with Crippen molar-refractivity contribution >= 4 is 0 Å². The standard InChI is InChI=1S/C14H10F3N3O2/c1-8(21)9-2-3-12(10(4-9)5-18)22-11-6-19-13(20-7-11)14(15,16)17/h2-4,6-8,21H,1H3. The smallest absolute Gasteiger partial charge is 0.451 e. The van der Waals surface area contributed by atoms with E-state index in [0.717, 1.165) is 12.4 Å². The van der Waals surface area contributed by atoms with Gasteiger partial charge in [0, 0.05) is 0 Å². The first kappa shape index (κ1) is 15.7. The molecule has 22 heavy (non-hydrogen) atoms. The van der Waals surface area contributed by atoms with E-state index in [-0.39, 0.29) is 17.1 Å². The van der Waals surface area contributed by atoms with E-state index in [1.54, 1.807) is 13.0 Å². The van der Waals surface area contributed by atoms with Gasteiger partial charge < -0.3 is 9.84 Å². The predicted octanol–water partition coefficient (Wildman–Crippen LogP) is 3.21. The maximum atomic E-state index is 12.4. The first-order chi connectivity index (χ1) is 10.3. The van der Waals surface area contributed by atoms with Gasteiger partial charge in [-0.3, -0.25) is 0 Å². The maximum Gasteiger partial charge on any atom is 0.451 e. The Morgan fingerprint density at radius 3 is 2.41 bits per heavy atom. The Bertz CT molecular complexity index is 707. The zero-order valence-electron chi connectivity index (χ0n) is 11.3. The molecule has 0 bridgehead atoms. The van der Waals surface area contributed by atoms with Crippen LogP contribution in [0, 0.1) is 11.3 Å². The summed E-state index contributed by atoms with van der Waals surface area (Å²) in [6.45, 7) is 1.54. The molecular weight excluding hydrogens is 299 g/mol. The van der Waals surface area contributed by atoms with Crippen LogP contribution in [-0.2, 0) is 6.18 Å². The molecule has 1 aromatic heterocycles. The Balaban J connectivity index is 2.26. The topological polar surface area (TPSA) is 79.0 Å². The molecule has 1 aromatic carbocycles. The van der Waals surface area contributed by atoms with Gasteiger partial charge >= 0.3 is 6.18 Å². The molecule has 0 saturated heterocycles. The number of hydrogen-bond donors (Lipinski definition) is 1. The van der Waals surface area contributed by atoms with E-state index in [4.69, 9.17) is 10.00 Å². The lowest BCUT2D eigenvalue weighted by Crippen LogP contribution is -2.10. The summed E-state index contributed by atoms with van der Waals surface area (Å²) < 4.78 is 42.4. The Hall–Kier alpha value is -2.66. The highest BCUT2D eigenvalue weighted by Crippen LogP contribution is 2.29. The van der Waals surface area contributed by atoms with Gasteiger partial charge in [0.15, 0.2) is 5.75 Å². The van der Waals surface area contributed by atoms with Crippen LogP contribution in [-0.4, -0.2) is 15.1 Å². The number of benzene rings is 1. The summed E-state index contributed by atoms with van der Waals surface area (Å²) in [6, 6.07) is 6.32. The minimum absolute atomic E-state index is 0.0331. The minimum atomic E-state index is -4.63. The molecule has 0 amide bonds. The van der Waals surface area contributed by atoms with Gasteiger partial charge in [-0.05, 0) is 24.6 Å². The van der Waals surface area contributed by atoms with Crippen LogP contribution >= 0.6 is 0 Å². The highest BCUT2D eigenvalue weighted by molar-refractivity contribution is 5.47. The van der Waals surface area contributed by atoms with Crippen molar-refractivity contribution in [3.63, 3.8) is 0 Å². The van der Waals surface area contributed by atoms with Crippen LogP contribution in [0.2, 0.25) is 0 Å². The largest absolute Gasteiger partial charge is 0.453 e. The second-order valence-corrected chi connectivity index (χ2v) is 4.39. The van der Waals surface area contributed by atoms with E-state index in [1.807, 2.05) is 6.07 Å². The average molecular weight is 309 g/mol. The fourth-order valence-corrected chi connectivity index (χ4v) is 1.63. The normalized spacial score (nSPS) is 12.5. The summed E-state index contributed by atoms with van der Waals surface area (Å²) in [5, 5.41) is 18.5. The van der Waals surface area contributed by atoms with Gasteiger partial charge in [-0.1, -0.05) is 6.07 Å². The van der Waals surface area contributed by atoms with Gasteiger partial charge in [0.05, 0.1) is 24.1 Å². The highest BCUT2D eigenvalue weighted by atomic mass is 19.4. The van der Waals surface area contributed by atoms with Gasteiger partial charge in [0.1, 0.15) is 11.8 Å². The van der Waals surface area contributed by atoms with Gasteiger partial charge in [-0.25, -0.2) is 9.97 Å². The first-order valence-corrected chi connectivity index (χ1v) is 6.10. The predicted molar refractivity (Wildman–Crippen MR) is 68.9 cm³/mol. The van der Waals surface area contributed by atoms with Crippen LogP contribution in [0.4, 0.5) is 13.2 Å². The molecule has 114 valence electrons. The molecule has 8 heteroatoms. The number of nitriles is 1. The van der Waals surface area contributed by atoms with Crippen molar-refractivity contribution in [2.45, 2.75) is 19.2 Å². The molecule has 1 unspecified atom stereocenters. The number of aliphatic hydroxyl groups excluding tert-OH is 1. The van der Waals surface area contributed by atoms with Gasteiger partial charge in [0.25, 0.3) is 0 Å². The van der Waals surface area contributed by atoms with E-state index in [2.05, 4.69) is 9.97 Å². The summed E-state index contributed by atoms with van der Waals surface area (Å²) >= 11 is 0. The molecule has 1 N–H and O–H groups in total. The number of aliphatic hydroxyl groups is 1. The number of aromatic nitrogens is 2. The monoisotopic (exact) mass is 309 g/mol. The molecule has 2 rings (SSSR count). The molecular formula is C14H10F3N3O2. The third-order valence-electron chi connectivity index (χ3n) is 2.72. The minimum Gasteiger partial charge on any atom is -0.453 e. The lowest BCUT2D eigenvalue weighted by Gasteiger charge is -2.10. The molecule has 0 aliphatic heterocycles. The highest BCUT2D eigenvalue weighted by Gasteiger charge is 2.34. The van der Waals surface area contributed by atoms with Crippen molar-refractivity contribution in [1.29, 1.82) is 5.26 Å². The Labute approximate surface area is 123 Å². The Morgan fingerprint density at radius 2 is 1.91 bits per heavy atom. The van der Waals surface area contributed by atoms with Crippen LogP contribution in [0.5, 0.6) is 11.5 Å². The number of hydrogen-bond acceptors (Lipinski definition) is 5. The van der Waals surface area contributed by atoms with Gasteiger partial charge in [-0.2, -0.15) is 18.4 Å². The number of rotatable bonds is 3. The fourth-order valence-electron chi connectivity index (χ4n) is 1.63. The molecule has 0 saturated carbocycles. The quantitative estimate of drug-likeness (QED) is 0.941. The van der Waals surface area contributed by atoms with Crippen molar-refractivity contribution in [1.82, 2.24) is 9.97 Å². The van der Waals surface area contributed by atoms with Crippen LogP contribution in [0.25, 0.3) is 0 Å². The maximum absolute atomic E-state index is 12.4. The lowest BCUT2D eigenvalue weighted by molar-refractivity contribution is -0.145. The van der Waals surface area contributed by atoms with Crippen LogP contribution in [0.3, 0.4) is 0 Å². The molecule has 0 spiro atoms. The number of ether oxygens (including phenoxy) is 1. The number of nitrogens with zero attached hydrogens (tertiary/aromatic N) is 3. The summed E-state index contributed by atoms with van der Waals surface area (Å²) in [5.41, 5.74) is 0.658. The number of halogens is 3. The van der Waals surface area contributed by atoms with E-state index in [9.17, 15) is 18.3 Å². The Kier molecular flexibility index (Phi) is 4.28. The molecule has 0 fully saturated rings. The lowest BCUT2D eigenvalue weighted by atomic mass is 10.1. The van der Waals surface area contributed by atoms with Crippen molar-refractivity contribution in [2.24, 2.45) is 0 Å². The summed E-state index contributed by atoms with van der Waals surface area (Å²) in [7, 11) is 0. The summed E-state index contributed by atoms with van der Waals surface area (Å²) in [6.07, 6.45) is -3.63.